The summed E-state index contributed by atoms with van der Waals surface area (Å²) in [5.74, 6) is 0.421. The minimum Gasteiger partial charge on any atom is -0.361 e. The molecule has 4 heterocycles. The van der Waals surface area contributed by atoms with Crippen LogP contribution < -0.4 is 0 Å². The van der Waals surface area contributed by atoms with E-state index >= 15 is 0 Å². The highest BCUT2D eigenvalue weighted by molar-refractivity contribution is 7.86. The molecule has 0 spiro atoms. The van der Waals surface area contributed by atoms with Crippen molar-refractivity contribution in [2.75, 3.05) is 33.7 Å². The highest BCUT2D eigenvalue weighted by Gasteiger charge is 2.39. The van der Waals surface area contributed by atoms with Crippen molar-refractivity contribution in [1.29, 1.82) is 0 Å². The van der Waals surface area contributed by atoms with Gasteiger partial charge in [0.15, 0.2) is 0 Å². The second-order valence-electron chi connectivity index (χ2n) is 7.53. The lowest BCUT2D eigenvalue weighted by Crippen LogP contribution is -2.45. The monoisotopic (exact) mass is 362 g/mol. The van der Waals surface area contributed by atoms with Crippen LogP contribution in [0.2, 0.25) is 0 Å². The normalized spacial score (nSPS) is 25.7. The Morgan fingerprint density at radius 3 is 2.80 bits per heavy atom. The maximum Gasteiger partial charge on any atom is 0.281 e. The number of hydrogen-bond acceptors (Lipinski definition) is 3. The number of piperidine rings is 1. The molecule has 136 valence electrons. The minimum atomic E-state index is -3.33. The molecule has 1 aromatic carbocycles. The van der Waals surface area contributed by atoms with Gasteiger partial charge in [0.1, 0.15) is 0 Å². The fourth-order valence-electron chi connectivity index (χ4n) is 4.18. The van der Waals surface area contributed by atoms with E-state index in [4.69, 9.17) is 0 Å². The first-order chi connectivity index (χ1) is 11.9. The minimum absolute atomic E-state index is 0.301. The van der Waals surface area contributed by atoms with Gasteiger partial charge in [-0.3, -0.25) is 4.90 Å². The van der Waals surface area contributed by atoms with Crippen LogP contribution in [0.3, 0.4) is 0 Å². The molecule has 25 heavy (non-hydrogen) atoms. The van der Waals surface area contributed by atoms with Crippen molar-refractivity contribution >= 4 is 21.1 Å². The molecule has 0 unspecified atom stereocenters. The van der Waals surface area contributed by atoms with Gasteiger partial charge in [-0.1, -0.05) is 6.07 Å². The Balaban J connectivity index is 1.54. The van der Waals surface area contributed by atoms with E-state index in [1.807, 2.05) is 6.20 Å². The molecule has 2 bridgehead atoms. The lowest BCUT2D eigenvalue weighted by Gasteiger charge is -2.36. The van der Waals surface area contributed by atoms with Gasteiger partial charge in [0.05, 0.1) is 0 Å². The lowest BCUT2D eigenvalue weighted by atomic mass is 9.94. The molecule has 6 nitrogen and oxygen atoms in total. The zero-order valence-corrected chi connectivity index (χ0v) is 15.7. The summed E-state index contributed by atoms with van der Waals surface area (Å²) >= 11 is 0. The SMILES string of the molecule is CN(C)S(=O)(=O)N1C[C@H]2CC[C@@H](C1)N(Cc1ccc3[nH]ccc3c1)C2. The van der Waals surface area contributed by atoms with Crippen LogP contribution in [0.15, 0.2) is 30.5 Å². The molecular formula is C18H26N4O2S. The van der Waals surface area contributed by atoms with Crippen molar-refractivity contribution in [3.8, 4) is 0 Å². The Labute approximate surface area is 149 Å². The Hall–Kier alpha value is -1.41. The summed E-state index contributed by atoms with van der Waals surface area (Å²) in [6, 6.07) is 8.93. The van der Waals surface area contributed by atoms with Crippen LogP contribution in [-0.4, -0.2) is 66.7 Å². The molecule has 3 saturated heterocycles. The standard InChI is InChI=1S/C18H26N4O2S/c1-20(2)25(23,24)22-12-15-3-5-17(13-22)21(11-15)10-14-4-6-18-16(9-14)7-8-19-18/h4,6-9,15,17,19H,3,5,10-13H2,1-2H3/t15-,17-/m0/s1. The third-order valence-electron chi connectivity index (χ3n) is 5.58. The van der Waals surface area contributed by atoms with E-state index in [1.54, 1.807) is 18.4 Å². The largest absolute Gasteiger partial charge is 0.361 e. The van der Waals surface area contributed by atoms with Gasteiger partial charge in [0.2, 0.25) is 0 Å². The number of H-pyrrole nitrogens is 1. The predicted octanol–water partition coefficient (Wildman–Crippen LogP) is 1.87. The number of nitrogens with zero attached hydrogens (tertiary/aromatic N) is 3. The van der Waals surface area contributed by atoms with Gasteiger partial charge in [0.25, 0.3) is 10.2 Å². The first kappa shape index (κ1) is 17.0. The zero-order valence-electron chi connectivity index (χ0n) is 14.9. The summed E-state index contributed by atoms with van der Waals surface area (Å²) in [5.41, 5.74) is 2.45. The van der Waals surface area contributed by atoms with E-state index in [1.165, 1.54) is 15.3 Å². The van der Waals surface area contributed by atoms with Gasteiger partial charge in [-0.25, -0.2) is 0 Å². The molecule has 3 aliphatic heterocycles. The molecule has 3 fully saturated rings. The Kier molecular flexibility index (Phi) is 4.35. The van der Waals surface area contributed by atoms with Crippen molar-refractivity contribution in [3.63, 3.8) is 0 Å². The molecular weight excluding hydrogens is 336 g/mol. The summed E-state index contributed by atoms with van der Waals surface area (Å²) in [6.07, 6.45) is 4.17. The van der Waals surface area contributed by atoms with Gasteiger partial charge in [-0.05, 0) is 47.9 Å². The second-order valence-corrected chi connectivity index (χ2v) is 9.68. The van der Waals surface area contributed by atoms with E-state index in [2.05, 4.69) is 34.1 Å². The van der Waals surface area contributed by atoms with Gasteiger partial charge in [-0.15, -0.1) is 0 Å². The maximum atomic E-state index is 12.6. The third-order valence-corrected chi connectivity index (χ3v) is 7.46. The molecule has 0 saturated carbocycles. The van der Waals surface area contributed by atoms with E-state index in [0.717, 1.165) is 31.4 Å². The molecule has 1 aromatic heterocycles. The van der Waals surface area contributed by atoms with Crippen LogP contribution in [0.25, 0.3) is 10.9 Å². The van der Waals surface area contributed by atoms with Crippen molar-refractivity contribution in [1.82, 2.24) is 18.5 Å². The molecule has 1 N–H and O–H groups in total. The Morgan fingerprint density at radius 2 is 2.00 bits per heavy atom. The molecule has 0 aliphatic carbocycles. The maximum absolute atomic E-state index is 12.6. The summed E-state index contributed by atoms with van der Waals surface area (Å²) in [5, 5.41) is 1.23. The van der Waals surface area contributed by atoms with Crippen molar-refractivity contribution in [3.05, 3.63) is 36.0 Å². The first-order valence-electron chi connectivity index (χ1n) is 8.91. The number of aromatic amines is 1. The lowest BCUT2D eigenvalue weighted by molar-refractivity contribution is 0.125. The summed E-state index contributed by atoms with van der Waals surface area (Å²) in [4.78, 5) is 5.71. The van der Waals surface area contributed by atoms with Crippen LogP contribution in [0.5, 0.6) is 0 Å². The first-order valence-corrected chi connectivity index (χ1v) is 10.3. The summed E-state index contributed by atoms with van der Waals surface area (Å²) < 4.78 is 28.2. The molecule has 3 aliphatic rings. The molecule has 0 amide bonds. The van der Waals surface area contributed by atoms with Crippen molar-refractivity contribution in [2.24, 2.45) is 5.92 Å². The quantitative estimate of drug-likeness (QED) is 0.903. The third kappa shape index (κ3) is 3.21. The smallest absolute Gasteiger partial charge is 0.281 e. The fourth-order valence-corrected chi connectivity index (χ4v) is 5.41. The van der Waals surface area contributed by atoms with Crippen LogP contribution in [0.4, 0.5) is 0 Å². The van der Waals surface area contributed by atoms with Crippen LogP contribution >= 0.6 is 0 Å². The van der Waals surface area contributed by atoms with E-state index in [0.29, 0.717) is 25.0 Å². The number of hydrogen-bond donors (Lipinski definition) is 1. The van der Waals surface area contributed by atoms with Crippen LogP contribution in [-0.2, 0) is 16.8 Å². The zero-order chi connectivity index (χ0) is 17.6. The van der Waals surface area contributed by atoms with E-state index in [9.17, 15) is 8.42 Å². The van der Waals surface area contributed by atoms with E-state index < -0.39 is 10.2 Å². The highest BCUT2D eigenvalue weighted by Crippen LogP contribution is 2.31. The van der Waals surface area contributed by atoms with Crippen LogP contribution in [0, 0.1) is 5.92 Å². The molecule has 2 atom stereocenters. The molecule has 5 rings (SSSR count). The average Bonchev–Trinajstić information content (AvgIpc) is 2.84. The fraction of sp³-hybridized carbons (Fsp3) is 0.556. The van der Waals surface area contributed by atoms with Gasteiger partial charge in [0, 0.05) is 58.0 Å². The van der Waals surface area contributed by atoms with Crippen molar-refractivity contribution in [2.45, 2.75) is 25.4 Å². The number of benzene rings is 1. The Bertz CT molecular complexity index is 861. The number of nitrogens with one attached hydrogen (secondary N) is 1. The average molecular weight is 362 g/mol. The molecule has 2 aromatic rings. The number of fused-ring (bicyclic) bond motifs is 5. The molecule has 0 radical (unpaired) electrons. The summed E-state index contributed by atoms with van der Waals surface area (Å²) in [7, 11) is -0.0967. The summed E-state index contributed by atoms with van der Waals surface area (Å²) in [6.45, 7) is 3.11. The van der Waals surface area contributed by atoms with Gasteiger partial charge < -0.3 is 4.98 Å². The predicted molar refractivity (Wildman–Crippen MR) is 99.4 cm³/mol. The topological polar surface area (TPSA) is 59.7 Å². The van der Waals surface area contributed by atoms with Gasteiger partial charge >= 0.3 is 0 Å². The number of rotatable bonds is 4. The number of aromatic nitrogens is 1. The van der Waals surface area contributed by atoms with E-state index in [-0.39, 0.29) is 0 Å². The Morgan fingerprint density at radius 1 is 1.16 bits per heavy atom. The van der Waals surface area contributed by atoms with Gasteiger partial charge in [-0.2, -0.15) is 17.0 Å². The second kappa shape index (κ2) is 6.39. The van der Waals surface area contributed by atoms with Crippen molar-refractivity contribution < 1.29 is 8.42 Å². The highest BCUT2D eigenvalue weighted by atomic mass is 32.2. The molecule has 7 heteroatoms. The van der Waals surface area contributed by atoms with Crippen LogP contribution in [0.1, 0.15) is 18.4 Å².